The van der Waals surface area contributed by atoms with Gasteiger partial charge in [-0.05, 0) is 6.07 Å². The second-order valence-corrected chi connectivity index (χ2v) is 5.15. The third-order valence-corrected chi connectivity index (χ3v) is 3.70. The molecule has 0 fully saturated rings. The molecule has 22 heavy (non-hydrogen) atoms. The Balaban J connectivity index is 1.90. The topological polar surface area (TPSA) is 91.3 Å². The van der Waals surface area contributed by atoms with E-state index in [1.165, 1.54) is 0 Å². The van der Waals surface area contributed by atoms with Gasteiger partial charge in [-0.15, -0.1) is 0 Å². The van der Waals surface area contributed by atoms with Crippen molar-refractivity contribution >= 4 is 5.97 Å². The van der Waals surface area contributed by atoms with Crippen molar-refractivity contribution in [3.8, 4) is 5.75 Å². The maximum absolute atomic E-state index is 11.8. The molecule has 0 bridgehead atoms. The number of aryl methyl sites for hydroxylation is 1. The third-order valence-electron chi connectivity index (χ3n) is 3.70. The lowest BCUT2D eigenvalue weighted by Gasteiger charge is -2.25. The lowest BCUT2D eigenvalue weighted by atomic mass is 10.0. The van der Waals surface area contributed by atoms with Gasteiger partial charge in [0.25, 0.3) is 0 Å². The van der Waals surface area contributed by atoms with E-state index in [1.807, 2.05) is 24.0 Å². The predicted octanol–water partition coefficient (Wildman–Crippen LogP) is 1.39. The molecule has 1 atom stereocenters. The molecule has 2 N–H and O–H groups in total. The maximum atomic E-state index is 11.8. The molecule has 7 nitrogen and oxygen atoms in total. The highest BCUT2D eigenvalue weighted by Gasteiger charge is 2.32. The number of carbonyl (C=O) groups is 1. The van der Waals surface area contributed by atoms with Gasteiger partial charge in [0.1, 0.15) is 30.0 Å². The summed E-state index contributed by atoms with van der Waals surface area (Å²) in [6.45, 7) is 3.31. The van der Waals surface area contributed by atoms with Crippen LogP contribution in [0.1, 0.15) is 30.2 Å². The Morgan fingerprint density at radius 3 is 3.05 bits per heavy atom. The summed E-state index contributed by atoms with van der Waals surface area (Å²) in [5.41, 5.74) is 0.669. The highest BCUT2D eigenvalue weighted by molar-refractivity contribution is 5.76. The number of aromatic amines is 1. The Kier molecular flexibility index (Phi) is 4.06. The van der Waals surface area contributed by atoms with Gasteiger partial charge in [0, 0.05) is 18.5 Å². The predicted molar refractivity (Wildman–Crippen MR) is 78.5 cm³/mol. The fourth-order valence-electron chi connectivity index (χ4n) is 2.65. The molecule has 1 unspecified atom stereocenters. The van der Waals surface area contributed by atoms with Gasteiger partial charge in [0.05, 0.1) is 6.54 Å². The molecule has 7 heteroatoms. The number of fused-ring (bicyclic) bond motifs is 1. The smallest absolute Gasteiger partial charge is 0.325 e. The van der Waals surface area contributed by atoms with E-state index in [-0.39, 0.29) is 0 Å². The van der Waals surface area contributed by atoms with E-state index in [9.17, 15) is 9.90 Å². The molecule has 116 valence electrons. The van der Waals surface area contributed by atoms with Gasteiger partial charge in [0.2, 0.25) is 0 Å². The lowest BCUT2D eigenvalue weighted by molar-refractivity contribution is -0.143. The van der Waals surface area contributed by atoms with E-state index in [1.54, 1.807) is 12.1 Å². The number of nitrogens with one attached hydrogen (secondary N) is 1. The quantitative estimate of drug-likeness (QED) is 0.887. The minimum atomic E-state index is -0.895. The number of nitrogens with zero attached hydrogens (tertiary/aromatic N) is 3. The summed E-state index contributed by atoms with van der Waals surface area (Å²) in [4.78, 5) is 18.0. The van der Waals surface area contributed by atoms with Crippen LogP contribution in [0.25, 0.3) is 0 Å². The monoisotopic (exact) mass is 302 g/mol. The van der Waals surface area contributed by atoms with Gasteiger partial charge >= 0.3 is 5.97 Å². The molecule has 0 aliphatic carbocycles. The molecule has 0 radical (unpaired) electrons. The van der Waals surface area contributed by atoms with Gasteiger partial charge in [-0.2, -0.15) is 5.10 Å². The highest BCUT2D eigenvalue weighted by Crippen LogP contribution is 2.32. The van der Waals surface area contributed by atoms with Crippen molar-refractivity contribution in [2.45, 2.75) is 25.9 Å². The van der Waals surface area contributed by atoms with Crippen LogP contribution in [0, 0.1) is 0 Å². The van der Waals surface area contributed by atoms with Gasteiger partial charge in [-0.25, -0.2) is 4.98 Å². The van der Waals surface area contributed by atoms with Gasteiger partial charge < -0.3 is 9.84 Å². The fourth-order valence-corrected chi connectivity index (χ4v) is 2.65. The van der Waals surface area contributed by atoms with Crippen LogP contribution in [0.2, 0.25) is 0 Å². The Bertz CT molecular complexity index is 670. The molecular weight excluding hydrogens is 284 g/mol. The number of para-hydroxylation sites is 1. The minimum absolute atomic E-state index is 0.391. The van der Waals surface area contributed by atoms with E-state index in [4.69, 9.17) is 4.74 Å². The van der Waals surface area contributed by atoms with Crippen LogP contribution in [0.15, 0.2) is 24.3 Å². The molecule has 1 aromatic carbocycles. The van der Waals surface area contributed by atoms with Crippen LogP contribution >= 0.6 is 0 Å². The van der Waals surface area contributed by atoms with Crippen molar-refractivity contribution in [2.24, 2.45) is 0 Å². The van der Waals surface area contributed by atoms with Gasteiger partial charge in [-0.1, -0.05) is 25.1 Å². The number of rotatable bonds is 4. The number of benzene rings is 1. The molecule has 0 saturated heterocycles. The standard InChI is InChI=1S/C15H18N4O3/c1-2-12-16-13(18-17-12)9-19-7-8-22-11-6-4-3-5-10(11)14(19)15(20)21/h3-6,14H,2,7-9H2,1H3,(H,20,21)(H,16,17,18). The van der Waals surface area contributed by atoms with E-state index in [0.29, 0.717) is 36.8 Å². The van der Waals surface area contributed by atoms with E-state index >= 15 is 0 Å². The van der Waals surface area contributed by atoms with Crippen molar-refractivity contribution in [1.29, 1.82) is 0 Å². The molecule has 3 rings (SSSR count). The van der Waals surface area contributed by atoms with Crippen LogP contribution in [0.3, 0.4) is 0 Å². The summed E-state index contributed by atoms with van der Waals surface area (Å²) in [5, 5.41) is 16.6. The van der Waals surface area contributed by atoms with E-state index < -0.39 is 12.0 Å². The number of hydrogen-bond donors (Lipinski definition) is 2. The molecule has 0 saturated carbocycles. The second kappa shape index (κ2) is 6.15. The number of aliphatic carboxylic acids is 1. The SMILES string of the molecule is CCc1n[nH]c(CN2CCOc3ccccc3C2C(=O)O)n1. The average molecular weight is 302 g/mol. The van der Waals surface area contributed by atoms with E-state index in [2.05, 4.69) is 15.2 Å². The zero-order valence-electron chi connectivity index (χ0n) is 12.3. The van der Waals surface area contributed by atoms with Crippen LogP contribution in [0.5, 0.6) is 5.75 Å². The number of aromatic nitrogens is 3. The molecular formula is C15H18N4O3. The first-order valence-electron chi connectivity index (χ1n) is 7.27. The van der Waals surface area contributed by atoms with Crippen molar-refractivity contribution in [3.05, 3.63) is 41.5 Å². The number of carboxylic acids is 1. The van der Waals surface area contributed by atoms with Crippen molar-refractivity contribution in [1.82, 2.24) is 20.1 Å². The molecule has 1 aliphatic rings. The van der Waals surface area contributed by atoms with Gasteiger partial charge in [0.15, 0.2) is 0 Å². The second-order valence-electron chi connectivity index (χ2n) is 5.15. The lowest BCUT2D eigenvalue weighted by Crippen LogP contribution is -2.35. The molecule has 0 amide bonds. The number of hydrogen-bond acceptors (Lipinski definition) is 5. The minimum Gasteiger partial charge on any atom is -0.492 e. The average Bonchev–Trinajstić information content (AvgIpc) is 2.87. The van der Waals surface area contributed by atoms with Crippen molar-refractivity contribution < 1.29 is 14.6 Å². The number of H-pyrrole nitrogens is 1. The Hall–Kier alpha value is -2.41. The van der Waals surface area contributed by atoms with Gasteiger partial charge in [-0.3, -0.25) is 14.8 Å². The van der Waals surface area contributed by atoms with Crippen LogP contribution in [0.4, 0.5) is 0 Å². The molecule has 1 aromatic heterocycles. The summed E-state index contributed by atoms with van der Waals surface area (Å²) in [6, 6.07) is 6.51. The largest absolute Gasteiger partial charge is 0.492 e. The Morgan fingerprint density at radius 2 is 2.32 bits per heavy atom. The maximum Gasteiger partial charge on any atom is 0.325 e. The zero-order valence-corrected chi connectivity index (χ0v) is 12.3. The summed E-state index contributed by atoms with van der Waals surface area (Å²) < 4.78 is 5.67. The first-order valence-corrected chi connectivity index (χ1v) is 7.27. The number of carboxylic acid groups (broad SMARTS) is 1. The number of ether oxygens (including phenoxy) is 1. The van der Waals surface area contributed by atoms with Crippen LogP contribution in [-0.2, 0) is 17.8 Å². The first kappa shape index (κ1) is 14.5. The zero-order chi connectivity index (χ0) is 15.5. The van der Waals surface area contributed by atoms with Crippen LogP contribution < -0.4 is 4.74 Å². The molecule has 0 spiro atoms. The summed E-state index contributed by atoms with van der Waals surface area (Å²) >= 11 is 0. The highest BCUT2D eigenvalue weighted by atomic mass is 16.5. The van der Waals surface area contributed by atoms with Crippen molar-refractivity contribution in [3.63, 3.8) is 0 Å². The van der Waals surface area contributed by atoms with Crippen molar-refractivity contribution in [2.75, 3.05) is 13.2 Å². The summed E-state index contributed by atoms with van der Waals surface area (Å²) in [5.74, 6) is 1.13. The third kappa shape index (κ3) is 2.80. The molecule has 2 heterocycles. The normalized spacial score (nSPS) is 18.3. The molecule has 2 aromatic rings. The Morgan fingerprint density at radius 1 is 1.50 bits per heavy atom. The Labute approximate surface area is 127 Å². The summed E-state index contributed by atoms with van der Waals surface area (Å²) in [6.07, 6.45) is 0.741. The fraction of sp³-hybridized carbons (Fsp3) is 0.400. The van der Waals surface area contributed by atoms with Crippen LogP contribution in [-0.4, -0.2) is 44.3 Å². The first-order chi connectivity index (χ1) is 10.7. The van der Waals surface area contributed by atoms with E-state index in [0.717, 1.165) is 12.2 Å². The summed E-state index contributed by atoms with van der Waals surface area (Å²) in [7, 11) is 0. The molecule has 1 aliphatic heterocycles.